The zero-order valence-electron chi connectivity index (χ0n) is 12.1. The van der Waals surface area contributed by atoms with Gasteiger partial charge in [-0.2, -0.15) is 0 Å². The minimum Gasteiger partial charge on any atom is -0.370 e. The fourth-order valence-electron chi connectivity index (χ4n) is 2.65. The topological polar surface area (TPSA) is 73.7 Å². The first-order valence-corrected chi connectivity index (χ1v) is 7.24. The zero-order valence-corrected chi connectivity index (χ0v) is 12.1. The zero-order chi connectivity index (χ0) is 14.7. The van der Waals surface area contributed by atoms with Gasteiger partial charge in [0.1, 0.15) is 5.84 Å². The SMILES string of the molecule is CCNC(=N)c1cnc(NC2Cc3ccccc3C2)nc1. The van der Waals surface area contributed by atoms with Crippen molar-refractivity contribution < 1.29 is 0 Å². The van der Waals surface area contributed by atoms with E-state index in [1.807, 2.05) is 6.92 Å². The summed E-state index contributed by atoms with van der Waals surface area (Å²) in [6, 6.07) is 8.87. The Balaban J connectivity index is 1.63. The van der Waals surface area contributed by atoms with E-state index in [1.54, 1.807) is 12.4 Å². The highest BCUT2D eigenvalue weighted by Crippen LogP contribution is 2.23. The first kappa shape index (κ1) is 13.5. The summed E-state index contributed by atoms with van der Waals surface area (Å²) in [7, 11) is 0. The highest BCUT2D eigenvalue weighted by atomic mass is 15.1. The monoisotopic (exact) mass is 281 g/mol. The smallest absolute Gasteiger partial charge is 0.222 e. The molecule has 0 saturated carbocycles. The largest absolute Gasteiger partial charge is 0.370 e. The second kappa shape index (κ2) is 5.91. The molecule has 1 heterocycles. The van der Waals surface area contributed by atoms with Crippen molar-refractivity contribution in [2.24, 2.45) is 0 Å². The molecule has 5 heteroatoms. The van der Waals surface area contributed by atoms with Crippen molar-refractivity contribution >= 4 is 11.8 Å². The Morgan fingerprint density at radius 3 is 2.38 bits per heavy atom. The summed E-state index contributed by atoms with van der Waals surface area (Å²) in [6.07, 6.45) is 5.38. The Bertz CT molecular complexity index is 610. The van der Waals surface area contributed by atoms with Crippen LogP contribution in [0.1, 0.15) is 23.6 Å². The number of nitrogens with one attached hydrogen (secondary N) is 3. The van der Waals surface area contributed by atoms with E-state index >= 15 is 0 Å². The molecule has 2 aromatic rings. The maximum atomic E-state index is 7.80. The van der Waals surface area contributed by atoms with E-state index in [-0.39, 0.29) is 0 Å². The van der Waals surface area contributed by atoms with Crippen molar-refractivity contribution in [3.63, 3.8) is 0 Å². The van der Waals surface area contributed by atoms with Gasteiger partial charge in [-0.15, -0.1) is 0 Å². The molecule has 0 bridgehead atoms. The van der Waals surface area contributed by atoms with Gasteiger partial charge in [0.25, 0.3) is 0 Å². The van der Waals surface area contributed by atoms with Gasteiger partial charge in [-0.05, 0) is 30.9 Å². The predicted molar refractivity (Wildman–Crippen MR) is 83.8 cm³/mol. The van der Waals surface area contributed by atoms with Crippen LogP contribution in [0.4, 0.5) is 5.95 Å². The third-order valence-corrected chi connectivity index (χ3v) is 3.68. The Morgan fingerprint density at radius 2 is 1.81 bits per heavy atom. The van der Waals surface area contributed by atoms with Crippen molar-refractivity contribution in [3.05, 3.63) is 53.3 Å². The minimum atomic E-state index is 0.349. The van der Waals surface area contributed by atoms with Crippen LogP contribution < -0.4 is 10.6 Å². The van der Waals surface area contributed by atoms with Gasteiger partial charge in [-0.1, -0.05) is 24.3 Å². The second-order valence-electron chi connectivity index (χ2n) is 5.22. The lowest BCUT2D eigenvalue weighted by atomic mass is 10.1. The summed E-state index contributed by atoms with van der Waals surface area (Å²) in [6.45, 7) is 2.68. The normalized spacial score (nSPS) is 13.8. The second-order valence-corrected chi connectivity index (χ2v) is 5.22. The average molecular weight is 281 g/mol. The number of anilines is 1. The van der Waals surface area contributed by atoms with Crippen molar-refractivity contribution in [2.75, 3.05) is 11.9 Å². The van der Waals surface area contributed by atoms with Crippen LogP contribution in [0.15, 0.2) is 36.7 Å². The first-order valence-electron chi connectivity index (χ1n) is 7.24. The Labute approximate surface area is 124 Å². The van der Waals surface area contributed by atoms with Gasteiger partial charge in [-0.25, -0.2) is 9.97 Å². The van der Waals surface area contributed by atoms with E-state index in [9.17, 15) is 0 Å². The molecule has 108 valence electrons. The third-order valence-electron chi connectivity index (χ3n) is 3.68. The van der Waals surface area contributed by atoms with E-state index in [4.69, 9.17) is 5.41 Å². The predicted octanol–water partition coefficient (Wildman–Crippen LogP) is 1.99. The van der Waals surface area contributed by atoms with Crippen LogP contribution in [0.25, 0.3) is 0 Å². The molecule has 3 rings (SSSR count). The molecule has 0 spiro atoms. The number of fused-ring (bicyclic) bond motifs is 1. The van der Waals surface area contributed by atoms with Crippen molar-refractivity contribution in [3.8, 4) is 0 Å². The molecule has 21 heavy (non-hydrogen) atoms. The van der Waals surface area contributed by atoms with Crippen molar-refractivity contribution in [2.45, 2.75) is 25.8 Å². The van der Waals surface area contributed by atoms with Crippen molar-refractivity contribution in [1.82, 2.24) is 15.3 Å². The molecule has 5 nitrogen and oxygen atoms in total. The van der Waals surface area contributed by atoms with Crippen LogP contribution in [0.2, 0.25) is 0 Å². The van der Waals surface area contributed by atoms with E-state index in [0.717, 1.165) is 19.4 Å². The Hall–Kier alpha value is -2.43. The van der Waals surface area contributed by atoms with E-state index in [0.29, 0.717) is 23.4 Å². The summed E-state index contributed by atoms with van der Waals surface area (Å²) in [5, 5.41) is 14.1. The van der Waals surface area contributed by atoms with Gasteiger partial charge in [-0.3, -0.25) is 5.41 Å². The van der Waals surface area contributed by atoms with Crippen LogP contribution in [0.3, 0.4) is 0 Å². The summed E-state index contributed by atoms with van der Waals surface area (Å²) >= 11 is 0. The molecule has 0 saturated heterocycles. The molecule has 1 aromatic heterocycles. The molecular formula is C16H19N5. The number of hydrogen-bond acceptors (Lipinski definition) is 4. The summed E-state index contributed by atoms with van der Waals surface area (Å²) < 4.78 is 0. The van der Waals surface area contributed by atoms with E-state index in [1.165, 1.54) is 11.1 Å². The maximum Gasteiger partial charge on any atom is 0.222 e. The lowest BCUT2D eigenvalue weighted by molar-refractivity contribution is 0.761. The maximum absolute atomic E-state index is 7.80. The number of aromatic nitrogens is 2. The molecule has 0 atom stereocenters. The van der Waals surface area contributed by atoms with Gasteiger partial charge in [0.15, 0.2) is 0 Å². The Morgan fingerprint density at radius 1 is 1.19 bits per heavy atom. The van der Waals surface area contributed by atoms with Crippen LogP contribution >= 0.6 is 0 Å². The standard InChI is InChI=1S/C16H19N5/c1-2-18-15(17)13-9-19-16(20-10-13)21-14-7-11-5-3-4-6-12(11)8-14/h3-6,9-10,14H,2,7-8H2,1H3,(H2,17,18)(H,19,20,21). The lowest BCUT2D eigenvalue weighted by Crippen LogP contribution is -2.24. The molecule has 1 aliphatic carbocycles. The number of rotatable bonds is 4. The number of hydrogen-bond donors (Lipinski definition) is 3. The molecule has 0 aliphatic heterocycles. The van der Waals surface area contributed by atoms with Crippen LogP contribution in [-0.2, 0) is 12.8 Å². The molecule has 1 aliphatic rings. The molecule has 0 radical (unpaired) electrons. The van der Waals surface area contributed by atoms with Gasteiger partial charge in [0.2, 0.25) is 5.95 Å². The molecule has 0 amide bonds. The third kappa shape index (κ3) is 3.02. The van der Waals surface area contributed by atoms with Crippen molar-refractivity contribution in [1.29, 1.82) is 5.41 Å². The molecule has 0 fully saturated rings. The quantitative estimate of drug-likeness (QED) is 0.592. The molecular weight excluding hydrogens is 262 g/mol. The van der Waals surface area contributed by atoms with Crippen LogP contribution in [-0.4, -0.2) is 28.4 Å². The molecule has 0 unspecified atom stereocenters. The summed E-state index contributed by atoms with van der Waals surface area (Å²) in [5.74, 6) is 0.984. The highest BCUT2D eigenvalue weighted by molar-refractivity contribution is 5.95. The van der Waals surface area contributed by atoms with E-state index < -0.39 is 0 Å². The summed E-state index contributed by atoms with van der Waals surface area (Å²) in [4.78, 5) is 8.61. The molecule has 1 aromatic carbocycles. The van der Waals surface area contributed by atoms with Crippen LogP contribution in [0.5, 0.6) is 0 Å². The fraction of sp³-hybridized carbons (Fsp3) is 0.312. The Kier molecular flexibility index (Phi) is 3.81. The average Bonchev–Trinajstić information content (AvgIpc) is 2.90. The number of amidine groups is 1. The van der Waals surface area contributed by atoms with E-state index in [2.05, 4.69) is 44.9 Å². The number of nitrogens with zero attached hydrogens (tertiary/aromatic N) is 2. The van der Waals surface area contributed by atoms with Gasteiger partial charge < -0.3 is 10.6 Å². The first-order chi connectivity index (χ1) is 10.3. The molecule has 3 N–H and O–H groups in total. The minimum absolute atomic E-state index is 0.349. The highest BCUT2D eigenvalue weighted by Gasteiger charge is 2.21. The van der Waals surface area contributed by atoms with Gasteiger partial charge in [0.05, 0.1) is 5.56 Å². The fourth-order valence-corrected chi connectivity index (χ4v) is 2.65. The van der Waals surface area contributed by atoms with Gasteiger partial charge >= 0.3 is 0 Å². The number of benzene rings is 1. The summed E-state index contributed by atoms with van der Waals surface area (Å²) in [5.41, 5.74) is 3.51. The van der Waals surface area contributed by atoms with Gasteiger partial charge in [0, 0.05) is 25.0 Å². The van der Waals surface area contributed by atoms with Crippen LogP contribution in [0, 0.1) is 5.41 Å². The lowest BCUT2D eigenvalue weighted by Gasteiger charge is -2.12.